The quantitative estimate of drug-likeness (QED) is 0.308. The van der Waals surface area contributed by atoms with E-state index in [-0.39, 0.29) is 31.0 Å². The van der Waals surface area contributed by atoms with Crippen LogP contribution in [-0.2, 0) is 19.1 Å². The monoisotopic (exact) mass is 644 g/mol. The summed E-state index contributed by atoms with van der Waals surface area (Å²) in [6.45, 7) is 5.27. The number of allylic oxidation sites excluding steroid dienone is 1. The highest BCUT2D eigenvalue weighted by Gasteiger charge is 2.35. The van der Waals surface area contributed by atoms with E-state index in [0.29, 0.717) is 47.9 Å². The number of benzene rings is 2. The van der Waals surface area contributed by atoms with E-state index in [1.807, 2.05) is 0 Å². The van der Waals surface area contributed by atoms with Gasteiger partial charge in [-0.25, -0.2) is 14.6 Å². The molecule has 0 saturated carbocycles. The summed E-state index contributed by atoms with van der Waals surface area (Å²) in [6.07, 6.45) is 1.68. The predicted molar refractivity (Wildman–Crippen MR) is 156 cm³/mol. The Bertz CT molecular complexity index is 1690. The smallest absolute Gasteiger partial charge is 0.344 e. The summed E-state index contributed by atoms with van der Waals surface area (Å²) in [5.74, 6) is 0.247. The number of nitrogens with zero attached hydrogens (tertiary/aromatic N) is 2. The van der Waals surface area contributed by atoms with Gasteiger partial charge in [-0.3, -0.25) is 9.36 Å². The molecule has 0 N–H and O–H groups in total. The summed E-state index contributed by atoms with van der Waals surface area (Å²) in [5, 5.41) is 0. The fourth-order valence-electron chi connectivity index (χ4n) is 4.38. The Hall–Kier alpha value is -3.90. The minimum absolute atomic E-state index is 0.155. The molecule has 12 heteroatoms. The molecule has 0 spiro atoms. The van der Waals surface area contributed by atoms with E-state index in [9.17, 15) is 14.4 Å². The van der Waals surface area contributed by atoms with Gasteiger partial charge in [0, 0.05) is 10.0 Å². The zero-order valence-electron chi connectivity index (χ0n) is 23.2. The second-order valence-electron chi connectivity index (χ2n) is 8.66. The van der Waals surface area contributed by atoms with E-state index >= 15 is 0 Å². The van der Waals surface area contributed by atoms with Crippen LogP contribution in [0.1, 0.15) is 37.9 Å². The van der Waals surface area contributed by atoms with Gasteiger partial charge in [0.25, 0.3) is 5.56 Å². The molecule has 2 heterocycles. The van der Waals surface area contributed by atoms with Crippen molar-refractivity contribution in [3.05, 3.63) is 83.0 Å². The first kappa shape index (κ1) is 30.1. The molecular weight excluding hydrogens is 616 g/mol. The second kappa shape index (κ2) is 13.2. The Morgan fingerprint density at radius 1 is 1.05 bits per heavy atom. The highest BCUT2D eigenvalue weighted by atomic mass is 79.9. The molecule has 0 amide bonds. The van der Waals surface area contributed by atoms with Crippen LogP contribution in [-0.4, -0.2) is 50.5 Å². The molecule has 0 radical (unpaired) electrons. The van der Waals surface area contributed by atoms with Crippen LogP contribution in [0.2, 0.25) is 0 Å². The Kier molecular flexibility index (Phi) is 9.66. The standard InChI is InChI=1S/C29H29BrN2O8S/c1-6-38-24(33)15-40-20-11-9-8-10-17(20)12-23-27(34)32-26(18-13-21(36-4)22(37-5)14-19(18)30)25(28(35)39-7-2)16(3)31-29(32)41-23/h8-14,26H,6-7,15H2,1-5H3/b23-12-/t26-/m1/s1. The molecule has 0 unspecified atom stereocenters. The van der Waals surface area contributed by atoms with E-state index in [1.54, 1.807) is 63.2 Å². The lowest BCUT2D eigenvalue weighted by atomic mass is 9.95. The number of aromatic nitrogens is 1. The highest BCUT2D eigenvalue weighted by Crippen LogP contribution is 2.40. The minimum Gasteiger partial charge on any atom is -0.493 e. The maximum atomic E-state index is 14.0. The summed E-state index contributed by atoms with van der Waals surface area (Å²) in [7, 11) is 3.03. The molecule has 0 aliphatic carbocycles. The lowest BCUT2D eigenvalue weighted by molar-refractivity contribution is -0.145. The number of carbonyl (C=O) groups excluding carboxylic acids is 2. The number of carbonyl (C=O) groups is 2. The van der Waals surface area contributed by atoms with Crippen molar-refractivity contribution >= 4 is 45.3 Å². The summed E-state index contributed by atoms with van der Waals surface area (Å²) in [6, 6.07) is 9.62. The van der Waals surface area contributed by atoms with Crippen molar-refractivity contribution in [3.63, 3.8) is 0 Å². The number of fused-ring (bicyclic) bond motifs is 1. The van der Waals surface area contributed by atoms with Crippen LogP contribution in [0.15, 0.2) is 61.9 Å². The van der Waals surface area contributed by atoms with E-state index in [1.165, 1.54) is 30.1 Å². The summed E-state index contributed by atoms with van der Waals surface area (Å²) in [4.78, 5) is 44.1. The summed E-state index contributed by atoms with van der Waals surface area (Å²) in [5.41, 5.74) is 1.48. The average Bonchev–Trinajstić information content (AvgIpc) is 3.25. The van der Waals surface area contributed by atoms with Crippen LogP contribution in [0, 0.1) is 0 Å². The van der Waals surface area contributed by atoms with Crippen LogP contribution in [0.5, 0.6) is 17.2 Å². The Morgan fingerprint density at radius 2 is 1.73 bits per heavy atom. The Labute approximate surface area is 248 Å². The summed E-state index contributed by atoms with van der Waals surface area (Å²) < 4.78 is 29.4. The largest absolute Gasteiger partial charge is 0.493 e. The number of esters is 2. The van der Waals surface area contributed by atoms with Crippen molar-refractivity contribution in [2.75, 3.05) is 34.0 Å². The number of ether oxygens (including phenoxy) is 5. The number of thiazole rings is 1. The van der Waals surface area contributed by atoms with Crippen LogP contribution in [0.4, 0.5) is 0 Å². The van der Waals surface area contributed by atoms with Gasteiger partial charge < -0.3 is 23.7 Å². The van der Waals surface area contributed by atoms with E-state index < -0.39 is 18.0 Å². The third-order valence-electron chi connectivity index (χ3n) is 6.17. The highest BCUT2D eigenvalue weighted by molar-refractivity contribution is 9.10. The number of methoxy groups -OCH3 is 2. The third-order valence-corrected chi connectivity index (χ3v) is 7.84. The normalized spacial score (nSPS) is 14.7. The first-order valence-corrected chi connectivity index (χ1v) is 14.3. The summed E-state index contributed by atoms with van der Waals surface area (Å²) >= 11 is 4.77. The Morgan fingerprint density at radius 3 is 2.41 bits per heavy atom. The van der Waals surface area contributed by atoms with Crippen molar-refractivity contribution in [3.8, 4) is 17.2 Å². The van der Waals surface area contributed by atoms with E-state index in [2.05, 4.69) is 20.9 Å². The lowest BCUT2D eigenvalue weighted by Crippen LogP contribution is -2.40. The first-order chi connectivity index (χ1) is 19.7. The molecule has 3 aromatic rings. The number of hydrogen-bond donors (Lipinski definition) is 0. The molecule has 1 aliphatic heterocycles. The van der Waals surface area contributed by atoms with Gasteiger partial charge in [-0.1, -0.05) is 45.5 Å². The molecule has 0 saturated heterocycles. The number of hydrogen-bond acceptors (Lipinski definition) is 10. The molecule has 1 aliphatic rings. The molecule has 2 aromatic carbocycles. The van der Waals surface area contributed by atoms with Gasteiger partial charge in [0.05, 0.1) is 49.3 Å². The van der Waals surface area contributed by atoms with Gasteiger partial charge in [0.15, 0.2) is 22.9 Å². The van der Waals surface area contributed by atoms with Gasteiger partial charge in [-0.2, -0.15) is 0 Å². The molecular formula is C29H29BrN2O8S. The SMILES string of the molecule is CCOC(=O)COc1ccccc1/C=c1\sc2n(c1=O)[C@H](c1cc(OC)c(OC)cc1Br)C(C(=O)OCC)=C(C)N=2. The molecule has 216 valence electrons. The van der Waals surface area contributed by atoms with Gasteiger partial charge in [-0.15, -0.1) is 0 Å². The molecule has 1 aromatic heterocycles. The fourth-order valence-corrected chi connectivity index (χ4v) is 5.95. The molecule has 0 bridgehead atoms. The predicted octanol–water partition coefficient (Wildman–Crippen LogP) is 3.52. The van der Waals surface area contributed by atoms with Gasteiger partial charge in [0.1, 0.15) is 5.75 Å². The maximum absolute atomic E-state index is 14.0. The van der Waals surface area contributed by atoms with Crippen molar-refractivity contribution in [2.45, 2.75) is 26.8 Å². The van der Waals surface area contributed by atoms with Gasteiger partial charge in [-0.05, 0) is 50.6 Å². The van der Waals surface area contributed by atoms with Crippen molar-refractivity contribution in [1.82, 2.24) is 4.57 Å². The molecule has 4 rings (SSSR count). The topological polar surface area (TPSA) is 115 Å². The third kappa shape index (κ3) is 6.23. The molecule has 0 fully saturated rings. The van der Waals surface area contributed by atoms with Crippen LogP contribution in [0.3, 0.4) is 0 Å². The Balaban J connectivity index is 1.91. The van der Waals surface area contributed by atoms with E-state index in [4.69, 9.17) is 23.7 Å². The fraction of sp³-hybridized carbons (Fsp3) is 0.310. The first-order valence-electron chi connectivity index (χ1n) is 12.7. The molecule has 1 atom stereocenters. The maximum Gasteiger partial charge on any atom is 0.344 e. The number of halogens is 1. The number of rotatable bonds is 10. The van der Waals surface area contributed by atoms with Crippen LogP contribution < -0.4 is 29.1 Å². The van der Waals surface area contributed by atoms with Crippen molar-refractivity contribution in [1.29, 1.82) is 0 Å². The average molecular weight is 646 g/mol. The second-order valence-corrected chi connectivity index (χ2v) is 10.5. The minimum atomic E-state index is -0.864. The molecule has 41 heavy (non-hydrogen) atoms. The zero-order chi connectivity index (χ0) is 29.7. The lowest BCUT2D eigenvalue weighted by Gasteiger charge is -2.26. The van der Waals surface area contributed by atoms with Gasteiger partial charge in [0.2, 0.25) is 0 Å². The zero-order valence-corrected chi connectivity index (χ0v) is 25.6. The van der Waals surface area contributed by atoms with Gasteiger partial charge >= 0.3 is 11.9 Å². The van der Waals surface area contributed by atoms with Crippen molar-refractivity contribution in [2.24, 2.45) is 4.99 Å². The van der Waals surface area contributed by atoms with E-state index in [0.717, 1.165) is 0 Å². The van der Waals surface area contributed by atoms with Crippen molar-refractivity contribution < 1.29 is 33.3 Å². The van der Waals surface area contributed by atoms with Crippen LogP contribution >= 0.6 is 27.3 Å². The van der Waals surface area contributed by atoms with Crippen LogP contribution in [0.25, 0.3) is 6.08 Å². The molecule has 10 nitrogen and oxygen atoms in total. The number of para-hydroxylation sites is 1.